The Hall–Kier alpha value is -1.46. The van der Waals surface area contributed by atoms with Gasteiger partial charge in [-0.2, -0.15) is 0 Å². The van der Waals surface area contributed by atoms with E-state index < -0.39 is 12.2 Å². The van der Waals surface area contributed by atoms with Crippen molar-refractivity contribution in [1.29, 1.82) is 0 Å². The molecule has 0 heterocycles. The molecule has 3 unspecified atom stereocenters. The third-order valence-electron chi connectivity index (χ3n) is 6.10. The predicted octanol–water partition coefficient (Wildman–Crippen LogP) is 2.58. The second kappa shape index (κ2) is 5.39. The highest BCUT2D eigenvalue weighted by Gasteiger charge is 2.63. The maximum absolute atomic E-state index is 12.3. The van der Waals surface area contributed by atoms with Gasteiger partial charge in [0.15, 0.2) is 0 Å². The Kier molecular flexibility index (Phi) is 4.08. The van der Waals surface area contributed by atoms with Crippen LogP contribution in [0.1, 0.15) is 40.0 Å². The topological polar surface area (TPSA) is 67.9 Å². The summed E-state index contributed by atoms with van der Waals surface area (Å²) in [6.45, 7) is 6.26. The third-order valence-corrected chi connectivity index (χ3v) is 6.10. The molecule has 2 aliphatic rings. The Bertz CT molecular complexity index is 437. The average Bonchev–Trinajstić information content (AvgIpc) is 3.00. The van der Waals surface area contributed by atoms with Crippen molar-refractivity contribution in [3.05, 3.63) is 0 Å². The van der Waals surface area contributed by atoms with Gasteiger partial charge in [-0.25, -0.2) is 9.59 Å². The van der Waals surface area contributed by atoms with E-state index >= 15 is 0 Å². The molecule has 6 nitrogen and oxygen atoms in total. The number of nitrogens with one attached hydrogen (secondary N) is 1. The first kappa shape index (κ1) is 15.9. The summed E-state index contributed by atoms with van der Waals surface area (Å²) in [6.07, 6.45) is 2.53. The van der Waals surface area contributed by atoms with Gasteiger partial charge in [0.2, 0.25) is 6.79 Å². The Morgan fingerprint density at radius 2 is 1.81 bits per heavy atom. The Morgan fingerprint density at radius 1 is 1.19 bits per heavy atom. The summed E-state index contributed by atoms with van der Waals surface area (Å²) >= 11 is 0. The van der Waals surface area contributed by atoms with Crippen LogP contribution in [0, 0.1) is 17.3 Å². The lowest BCUT2D eigenvalue weighted by molar-refractivity contribution is -0.0478. The van der Waals surface area contributed by atoms with Crippen LogP contribution in [0.2, 0.25) is 0 Å². The van der Waals surface area contributed by atoms with Crippen molar-refractivity contribution in [2.45, 2.75) is 45.6 Å². The molecule has 0 saturated heterocycles. The lowest BCUT2D eigenvalue weighted by Crippen LogP contribution is -2.59. The molecule has 2 amide bonds. The molecule has 2 rings (SSSR count). The number of carbonyl (C=O) groups is 2. The molecule has 21 heavy (non-hydrogen) atoms. The van der Waals surface area contributed by atoms with Crippen LogP contribution in [-0.2, 0) is 9.47 Å². The zero-order valence-corrected chi connectivity index (χ0v) is 13.6. The summed E-state index contributed by atoms with van der Waals surface area (Å²) in [7, 11) is 3.24. The molecule has 0 spiro atoms. The molecule has 0 aromatic heterocycles. The van der Waals surface area contributed by atoms with Crippen molar-refractivity contribution >= 4 is 12.2 Å². The Balaban J connectivity index is 2.00. The first-order valence-electron chi connectivity index (χ1n) is 7.50. The number of carbonyl (C=O) groups excluding carboxylic acids is 2. The maximum Gasteiger partial charge on any atom is 0.412 e. The number of hydrogen-bond acceptors (Lipinski definition) is 4. The molecule has 0 radical (unpaired) electrons. The van der Waals surface area contributed by atoms with Crippen LogP contribution in [0.4, 0.5) is 9.59 Å². The van der Waals surface area contributed by atoms with E-state index in [1.54, 1.807) is 11.9 Å². The lowest BCUT2D eigenvalue weighted by Gasteiger charge is -2.52. The highest BCUT2D eigenvalue weighted by molar-refractivity contribution is 5.69. The highest BCUT2D eigenvalue weighted by atomic mass is 16.7. The van der Waals surface area contributed by atoms with Gasteiger partial charge in [-0.3, -0.25) is 0 Å². The number of nitrogens with zero attached hydrogens (tertiary/aromatic N) is 1. The van der Waals surface area contributed by atoms with E-state index in [1.165, 1.54) is 19.9 Å². The second-order valence-corrected chi connectivity index (χ2v) is 6.85. The third kappa shape index (κ3) is 2.34. The van der Waals surface area contributed by atoms with E-state index in [0.29, 0.717) is 11.8 Å². The predicted molar refractivity (Wildman–Crippen MR) is 77.7 cm³/mol. The molecule has 0 aromatic carbocycles. The number of hydrogen-bond donors (Lipinski definition) is 1. The van der Waals surface area contributed by atoms with Crippen molar-refractivity contribution in [3.8, 4) is 0 Å². The fourth-order valence-electron chi connectivity index (χ4n) is 4.29. The van der Waals surface area contributed by atoms with Crippen LogP contribution < -0.4 is 5.32 Å². The van der Waals surface area contributed by atoms with E-state index in [0.717, 1.165) is 6.42 Å². The molecule has 2 fully saturated rings. The van der Waals surface area contributed by atoms with Gasteiger partial charge < -0.3 is 19.7 Å². The summed E-state index contributed by atoms with van der Waals surface area (Å²) < 4.78 is 9.76. The largest absolute Gasteiger partial charge is 0.412 e. The van der Waals surface area contributed by atoms with E-state index in [9.17, 15) is 9.59 Å². The zero-order chi connectivity index (χ0) is 15.8. The maximum atomic E-state index is 12.3. The highest BCUT2D eigenvalue weighted by Crippen LogP contribution is 2.63. The minimum Gasteiger partial charge on any atom is -0.412 e. The average molecular weight is 298 g/mol. The van der Waals surface area contributed by atoms with Gasteiger partial charge in [-0.05, 0) is 43.4 Å². The van der Waals surface area contributed by atoms with Crippen LogP contribution in [0.25, 0.3) is 0 Å². The summed E-state index contributed by atoms with van der Waals surface area (Å²) in [4.78, 5) is 24.9. The Labute approximate surface area is 126 Å². The number of alkyl carbamates (subject to hydrolysis) is 1. The van der Waals surface area contributed by atoms with Crippen molar-refractivity contribution in [2.75, 3.05) is 20.9 Å². The van der Waals surface area contributed by atoms with Gasteiger partial charge in [0.25, 0.3) is 0 Å². The number of ether oxygens (including phenoxy) is 2. The van der Waals surface area contributed by atoms with Crippen molar-refractivity contribution in [2.24, 2.45) is 17.3 Å². The van der Waals surface area contributed by atoms with Gasteiger partial charge in [0.05, 0.1) is 5.54 Å². The van der Waals surface area contributed by atoms with Crippen LogP contribution >= 0.6 is 0 Å². The minimum atomic E-state index is -0.614. The van der Waals surface area contributed by atoms with Crippen LogP contribution in [-0.4, -0.2) is 43.5 Å². The van der Waals surface area contributed by atoms with E-state index in [-0.39, 0.29) is 17.7 Å². The number of amides is 2. The first-order valence-corrected chi connectivity index (χ1v) is 7.50. The minimum absolute atomic E-state index is 0.0609. The standard InChI is InChI=1S/C15H26N2O4/c1-14(2)10-6-7-11(8-10)15(14,3)17(5)13(19)21-9-20-12(18)16-4/h10-11H,6-9H2,1-5H3,(H,16,18). The molecule has 2 aliphatic carbocycles. The van der Waals surface area contributed by atoms with E-state index in [1.807, 2.05) is 0 Å². The first-order chi connectivity index (χ1) is 9.75. The SMILES string of the molecule is CNC(=O)OCOC(=O)N(C)C1(C)C2CCC(C2)C1(C)C. The fraction of sp³-hybridized carbons (Fsp3) is 0.867. The quantitative estimate of drug-likeness (QED) is 0.813. The normalized spacial score (nSPS) is 32.6. The van der Waals surface area contributed by atoms with Gasteiger partial charge in [-0.15, -0.1) is 0 Å². The lowest BCUT2D eigenvalue weighted by atomic mass is 9.63. The van der Waals surface area contributed by atoms with Gasteiger partial charge >= 0.3 is 12.2 Å². The summed E-state index contributed by atoms with van der Waals surface area (Å²) in [6, 6.07) is 0. The smallest absolute Gasteiger partial charge is 0.412 e. The molecule has 2 bridgehead atoms. The van der Waals surface area contributed by atoms with Gasteiger partial charge in [-0.1, -0.05) is 13.8 Å². The zero-order valence-electron chi connectivity index (χ0n) is 13.6. The summed E-state index contributed by atoms with van der Waals surface area (Å²) in [5.74, 6) is 1.17. The molecule has 6 heteroatoms. The molecule has 0 aliphatic heterocycles. The Morgan fingerprint density at radius 3 is 2.33 bits per heavy atom. The second-order valence-electron chi connectivity index (χ2n) is 6.85. The van der Waals surface area contributed by atoms with Crippen molar-refractivity contribution in [3.63, 3.8) is 0 Å². The van der Waals surface area contributed by atoms with Crippen LogP contribution in [0.3, 0.4) is 0 Å². The van der Waals surface area contributed by atoms with Gasteiger partial charge in [0.1, 0.15) is 0 Å². The number of rotatable bonds is 3. The van der Waals surface area contributed by atoms with Crippen LogP contribution in [0.5, 0.6) is 0 Å². The fourth-order valence-corrected chi connectivity index (χ4v) is 4.29. The van der Waals surface area contributed by atoms with Crippen molar-refractivity contribution in [1.82, 2.24) is 10.2 Å². The van der Waals surface area contributed by atoms with Crippen LogP contribution in [0.15, 0.2) is 0 Å². The van der Waals surface area contributed by atoms with Gasteiger partial charge in [0, 0.05) is 14.1 Å². The molecule has 3 atom stereocenters. The molecular formula is C15H26N2O4. The molecular weight excluding hydrogens is 272 g/mol. The monoisotopic (exact) mass is 298 g/mol. The molecule has 2 saturated carbocycles. The summed E-state index contributed by atoms with van der Waals surface area (Å²) in [5, 5.41) is 2.30. The van der Waals surface area contributed by atoms with E-state index in [2.05, 4.69) is 26.1 Å². The summed E-state index contributed by atoms with van der Waals surface area (Å²) in [5.41, 5.74) is -0.161. The molecule has 0 aromatic rings. The number of fused-ring (bicyclic) bond motifs is 2. The van der Waals surface area contributed by atoms with Crippen molar-refractivity contribution < 1.29 is 19.1 Å². The molecule has 120 valence electrons. The molecule has 1 N–H and O–H groups in total. The van der Waals surface area contributed by atoms with E-state index in [4.69, 9.17) is 9.47 Å².